The monoisotopic (exact) mass is 514 g/mol. The molecule has 37 heavy (non-hydrogen) atoms. The van der Waals surface area contributed by atoms with Crippen LogP contribution < -0.4 is 0 Å². The van der Waals surface area contributed by atoms with Gasteiger partial charge in [0.1, 0.15) is 11.5 Å². The second-order valence-electron chi connectivity index (χ2n) is 9.32. The second kappa shape index (κ2) is 8.86. The number of rotatable bonds is 5. The van der Waals surface area contributed by atoms with Gasteiger partial charge in [0.25, 0.3) is 0 Å². The Hall–Kier alpha value is -3.95. The molecule has 7 nitrogen and oxygen atoms in total. The molecule has 0 radical (unpaired) electrons. The summed E-state index contributed by atoms with van der Waals surface area (Å²) in [6.45, 7) is 0.257. The first-order valence-electron chi connectivity index (χ1n) is 11.9. The molecule has 9 heteroatoms. The summed E-state index contributed by atoms with van der Waals surface area (Å²) >= 11 is 0. The first-order valence-corrected chi connectivity index (χ1v) is 13.4. The molecule has 4 aromatic rings. The predicted molar refractivity (Wildman–Crippen MR) is 136 cm³/mol. The van der Waals surface area contributed by atoms with Crippen molar-refractivity contribution in [2.24, 2.45) is 5.41 Å². The van der Waals surface area contributed by atoms with Crippen molar-refractivity contribution in [2.45, 2.75) is 17.7 Å². The number of sulfonamides is 1. The van der Waals surface area contributed by atoms with Crippen molar-refractivity contribution in [3.63, 3.8) is 0 Å². The lowest BCUT2D eigenvalue weighted by atomic mass is 9.65. The molecule has 2 aromatic heterocycles. The minimum absolute atomic E-state index is 0.00658. The lowest BCUT2D eigenvalue weighted by molar-refractivity contribution is 0.0770. The molecule has 0 saturated carbocycles. The van der Waals surface area contributed by atoms with Gasteiger partial charge in [0.2, 0.25) is 10.0 Å². The fourth-order valence-electron chi connectivity index (χ4n) is 5.29. The molecule has 1 atom stereocenters. The largest absolute Gasteiger partial charge is 0.291 e. The Morgan fingerprint density at radius 2 is 1.73 bits per heavy atom. The highest BCUT2D eigenvalue weighted by atomic mass is 32.2. The van der Waals surface area contributed by atoms with Crippen molar-refractivity contribution in [1.29, 1.82) is 0 Å². The van der Waals surface area contributed by atoms with Crippen LogP contribution in [0.5, 0.6) is 0 Å². The van der Waals surface area contributed by atoms with Crippen LogP contribution in [-0.4, -0.2) is 46.4 Å². The molecule has 0 unspecified atom stereocenters. The number of nitrogens with zero attached hydrogens (tertiary/aromatic N) is 4. The van der Waals surface area contributed by atoms with Gasteiger partial charge in [0, 0.05) is 19.3 Å². The van der Waals surface area contributed by atoms with E-state index in [0.29, 0.717) is 17.8 Å². The van der Waals surface area contributed by atoms with Crippen LogP contribution in [0, 0.1) is 11.2 Å². The van der Waals surface area contributed by atoms with E-state index >= 15 is 0 Å². The van der Waals surface area contributed by atoms with E-state index in [4.69, 9.17) is 0 Å². The van der Waals surface area contributed by atoms with Crippen molar-refractivity contribution >= 4 is 21.9 Å². The van der Waals surface area contributed by atoms with Gasteiger partial charge in [-0.2, -0.15) is 9.40 Å². The number of fused-ring (bicyclic) bond motifs is 2. The van der Waals surface area contributed by atoms with Gasteiger partial charge in [-0.1, -0.05) is 29.8 Å². The van der Waals surface area contributed by atoms with Crippen LogP contribution in [0.4, 0.5) is 4.39 Å². The van der Waals surface area contributed by atoms with Crippen molar-refractivity contribution in [3.05, 3.63) is 114 Å². The summed E-state index contributed by atoms with van der Waals surface area (Å²) in [5.74, 6) is -0.553. The van der Waals surface area contributed by atoms with E-state index < -0.39 is 15.4 Å². The molecule has 2 aliphatic rings. The van der Waals surface area contributed by atoms with Gasteiger partial charge < -0.3 is 0 Å². The van der Waals surface area contributed by atoms with Gasteiger partial charge in [0.15, 0.2) is 5.78 Å². The van der Waals surface area contributed by atoms with Crippen molar-refractivity contribution in [1.82, 2.24) is 19.1 Å². The van der Waals surface area contributed by atoms with Crippen LogP contribution >= 0.6 is 0 Å². The molecule has 0 N–H and O–H groups in total. The maximum atomic E-state index is 14.1. The summed E-state index contributed by atoms with van der Waals surface area (Å²) in [6, 6.07) is 19.5. The van der Waals surface area contributed by atoms with Crippen LogP contribution in [0.25, 0.3) is 11.8 Å². The standard InChI is InChI=1S/C28H23FN4O3S/c29-22-9-11-23(12-10-22)33-26-16-21-13-15-32(37(35,36)24-6-2-1-3-7-24)19-28(21,17-20(26)18-31-33)27(34)25-8-4-5-14-30-25/h1-12,14,16,18H,13,15,17,19H2/t28-/m0/s1. The summed E-state index contributed by atoms with van der Waals surface area (Å²) < 4.78 is 43.8. The van der Waals surface area contributed by atoms with Crippen LogP contribution in [0.3, 0.4) is 0 Å². The highest BCUT2D eigenvalue weighted by Crippen LogP contribution is 2.47. The number of carbonyl (C=O) groups is 1. The van der Waals surface area contributed by atoms with Crippen LogP contribution in [0.15, 0.2) is 95.7 Å². The summed E-state index contributed by atoms with van der Waals surface area (Å²) in [7, 11) is -3.81. The first-order chi connectivity index (χ1) is 17.9. The normalized spacial score (nSPS) is 19.5. The fourth-order valence-corrected chi connectivity index (χ4v) is 6.81. The van der Waals surface area contributed by atoms with Crippen LogP contribution in [0.1, 0.15) is 28.2 Å². The molecule has 0 bridgehead atoms. The van der Waals surface area contributed by atoms with E-state index in [9.17, 15) is 17.6 Å². The number of pyridine rings is 1. The Kier molecular flexibility index (Phi) is 5.62. The Labute approximate surface area is 213 Å². The number of hydrogen-bond acceptors (Lipinski definition) is 5. The third kappa shape index (κ3) is 3.91. The molecule has 1 aliphatic carbocycles. The molecule has 0 amide bonds. The second-order valence-corrected chi connectivity index (χ2v) is 11.3. The maximum Gasteiger partial charge on any atom is 0.243 e. The minimum Gasteiger partial charge on any atom is -0.291 e. The molecule has 6 rings (SSSR count). The molecule has 1 aliphatic heterocycles. The summed E-state index contributed by atoms with van der Waals surface area (Å²) in [5, 5.41) is 4.53. The van der Waals surface area contributed by atoms with E-state index in [0.717, 1.165) is 16.8 Å². The highest BCUT2D eigenvalue weighted by molar-refractivity contribution is 7.89. The predicted octanol–water partition coefficient (Wildman–Crippen LogP) is 4.31. The molecular formula is C28H23FN4O3S. The minimum atomic E-state index is -3.81. The number of hydrogen-bond donors (Lipinski definition) is 0. The molecule has 1 saturated heterocycles. The summed E-state index contributed by atoms with van der Waals surface area (Å²) in [6.07, 6.45) is 5.88. The molecule has 0 spiro atoms. The maximum absolute atomic E-state index is 14.1. The lowest BCUT2D eigenvalue weighted by Gasteiger charge is -2.44. The van der Waals surface area contributed by atoms with Gasteiger partial charge in [-0.25, -0.2) is 17.5 Å². The van der Waals surface area contributed by atoms with Gasteiger partial charge >= 0.3 is 0 Å². The number of benzene rings is 2. The Morgan fingerprint density at radius 1 is 0.973 bits per heavy atom. The van der Waals surface area contributed by atoms with E-state index in [2.05, 4.69) is 10.1 Å². The molecule has 1 fully saturated rings. The molecule has 3 heterocycles. The van der Waals surface area contributed by atoms with E-state index in [1.54, 1.807) is 77.7 Å². The number of ketones is 1. The lowest BCUT2D eigenvalue weighted by Crippen LogP contribution is -2.53. The van der Waals surface area contributed by atoms with Gasteiger partial charge in [0.05, 0.1) is 27.9 Å². The number of aromatic nitrogens is 3. The number of piperidine rings is 1. The average molecular weight is 515 g/mol. The zero-order valence-electron chi connectivity index (χ0n) is 19.8. The van der Waals surface area contributed by atoms with Crippen molar-refractivity contribution in [2.75, 3.05) is 13.1 Å². The average Bonchev–Trinajstić information content (AvgIpc) is 3.34. The van der Waals surface area contributed by atoms with E-state index in [1.165, 1.54) is 16.4 Å². The number of carbonyl (C=O) groups excluding carboxylic acids is 1. The Bertz CT molecular complexity index is 1620. The molecular weight excluding hydrogens is 491 g/mol. The number of Topliss-reactive ketones (excluding diaryl/α,β-unsaturated/α-hetero) is 1. The fraction of sp³-hybridized carbons (Fsp3) is 0.179. The molecule has 2 aromatic carbocycles. The van der Waals surface area contributed by atoms with E-state index in [1.807, 2.05) is 6.08 Å². The van der Waals surface area contributed by atoms with Crippen molar-refractivity contribution in [3.8, 4) is 5.69 Å². The third-order valence-corrected chi connectivity index (χ3v) is 9.02. The topological polar surface area (TPSA) is 85.2 Å². The first kappa shape index (κ1) is 23.4. The zero-order valence-corrected chi connectivity index (χ0v) is 20.6. The van der Waals surface area contributed by atoms with E-state index in [-0.39, 0.29) is 36.0 Å². The van der Waals surface area contributed by atoms with Gasteiger partial charge in [-0.15, -0.1) is 0 Å². The van der Waals surface area contributed by atoms with Crippen LogP contribution in [0.2, 0.25) is 0 Å². The number of halogens is 1. The smallest absolute Gasteiger partial charge is 0.243 e. The van der Waals surface area contributed by atoms with Gasteiger partial charge in [-0.05, 0) is 73.0 Å². The third-order valence-electron chi connectivity index (χ3n) is 7.17. The zero-order chi connectivity index (χ0) is 25.6. The van der Waals surface area contributed by atoms with Crippen molar-refractivity contribution < 1.29 is 17.6 Å². The quantitative estimate of drug-likeness (QED) is 0.371. The van der Waals surface area contributed by atoms with Crippen LogP contribution in [-0.2, 0) is 16.4 Å². The highest BCUT2D eigenvalue weighted by Gasteiger charge is 2.51. The summed E-state index contributed by atoms with van der Waals surface area (Å²) in [5.41, 5.74) is 2.35. The Morgan fingerprint density at radius 3 is 2.46 bits per heavy atom. The molecule has 186 valence electrons. The Balaban J connectivity index is 1.46. The SMILES string of the molecule is O=C(c1ccccn1)[C@]12Cc3cnn(-c4ccc(F)cc4)c3C=C1CCN(S(=O)(=O)c1ccccc1)C2. The van der Waals surface area contributed by atoms with Gasteiger partial charge in [-0.3, -0.25) is 9.78 Å². The summed E-state index contributed by atoms with van der Waals surface area (Å²) in [4.78, 5) is 18.6.